The minimum Gasteiger partial charge on any atom is -0.325 e. The maximum absolute atomic E-state index is 13.1. The van der Waals surface area contributed by atoms with Gasteiger partial charge < -0.3 is 5.32 Å². The van der Waals surface area contributed by atoms with E-state index in [9.17, 15) is 19.3 Å². The lowest BCUT2D eigenvalue weighted by Gasteiger charge is -2.05. The van der Waals surface area contributed by atoms with Crippen LogP contribution in [-0.4, -0.2) is 26.8 Å². The van der Waals surface area contributed by atoms with Crippen molar-refractivity contribution in [1.29, 1.82) is 0 Å². The quantitative estimate of drug-likeness (QED) is 0.393. The third-order valence-corrected chi connectivity index (χ3v) is 4.37. The highest BCUT2D eigenvalue weighted by atomic mass is 32.2. The molecule has 1 N–H and O–H groups in total. The van der Waals surface area contributed by atoms with Crippen LogP contribution in [-0.2, 0) is 4.79 Å². The average Bonchev–Trinajstić information content (AvgIpc) is 2.67. The average molecular weight is 384 g/mol. The van der Waals surface area contributed by atoms with Crippen LogP contribution in [0.1, 0.15) is 0 Å². The van der Waals surface area contributed by atoms with E-state index in [1.165, 1.54) is 42.1 Å². The number of thioether (sulfide) groups is 1. The third kappa shape index (κ3) is 5.08. The number of nitrogens with one attached hydrogen (secondary N) is 1. The lowest BCUT2D eigenvalue weighted by atomic mass is 10.1. The number of aromatic nitrogens is 2. The Balaban J connectivity index is 1.60. The summed E-state index contributed by atoms with van der Waals surface area (Å²) in [6.45, 7) is 0. The SMILES string of the molecule is O=C(CSc1ccc(-c2cccc([N+](=O)[O-])c2)nn1)Nc1cccc(F)c1. The lowest BCUT2D eigenvalue weighted by Crippen LogP contribution is -2.14. The number of non-ortho nitro benzene ring substituents is 1. The zero-order chi connectivity index (χ0) is 19.2. The number of hydrogen-bond acceptors (Lipinski definition) is 6. The molecule has 2 aromatic carbocycles. The lowest BCUT2D eigenvalue weighted by molar-refractivity contribution is -0.384. The van der Waals surface area contributed by atoms with E-state index in [0.29, 0.717) is 22.0 Å². The fourth-order valence-electron chi connectivity index (χ4n) is 2.23. The maximum Gasteiger partial charge on any atom is 0.270 e. The van der Waals surface area contributed by atoms with Gasteiger partial charge in [-0.3, -0.25) is 14.9 Å². The van der Waals surface area contributed by atoms with Crippen molar-refractivity contribution in [2.24, 2.45) is 0 Å². The van der Waals surface area contributed by atoms with Gasteiger partial charge in [-0.25, -0.2) is 4.39 Å². The van der Waals surface area contributed by atoms with E-state index < -0.39 is 10.7 Å². The summed E-state index contributed by atoms with van der Waals surface area (Å²) in [6.07, 6.45) is 0. The van der Waals surface area contributed by atoms with Crippen LogP contribution in [0.4, 0.5) is 15.8 Å². The van der Waals surface area contributed by atoms with Gasteiger partial charge in [0.25, 0.3) is 5.69 Å². The summed E-state index contributed by atoms with van der Waals surface area (Å²) in [4.78, 5) is 22.3. The number of rotatable bonds is 6. The van der Waals surface area contributed by atoms with Crippen LogP contribution in [0.2, 0.25) is 0 Å². The smallest absolute Gasteiger partial charge is 0.270 e. The van der Waals surface area contributed by atoms with Gasteiger partial charge in [0.2, 0.25) is 5.91 Å². The van der Waals surface area contributed by atoms with E-state index in [1.807, 2.05) is 0 Å². The molecule has 1 heterocycles. The first-order valence-electron chi connectivity index (χ1n) is 7.78. The van der Waals surface area contributed by atoms with Gasteiger partial charge >= 0.3 is 0 Å². The van der Waals surface area contributed by atoms with Crippen LogP contribution in [0.25, 0.3) is 11.3 Å². The fourth-order valence-corrected chi connectivity index (χ4v) is 2.85. The second-order valence-electron chi connectivity index (χ2n) is 5.41. The van der Waals surface area contributed by atoms with Gasteiger partial charge in [0.05, 0.1) is 16.4 Å². The summed E-state index contributed by atoms with van der Waals surface area (Å²) < 4.78 is 13.1. The number of amides is 1. The molecule has 27 heavy (non-hydrogen) atoms. The minimum absolute atomic E-state index is 0.0261. The Hall–Kier alpha value is -3.33. The van der Waals surface area contributed by atoms with Crippen molar-refractivity contribution in [3.05, 3.63) is 76.6 Å². The van der Waals surface area contributed by atoms with Gasteiger partial charge in [-0.15, -0.1) is 10.2 Å². The molecule has 7 nitrogen and oxygen atoms in total. The van der Waals surface area contributed by atoms with E-state index in [-0.39, 0.29) is 17.3 Å². The summed E-state index contributed by atoms with van der Waals surface area (Å²) in [5.74, 6) is -0.639. The molecular formula is C18H13FN4O3S. The molecule has 136 valence electrons. The molecule has 0 aliphatic rings. The first-order chi connectivity index (χ1) is 13.0. The third-order valence-electron chi connectivity index (χ3n) is 3.45. The summed E-state index contributed by atoms with van der Waals surface area (Å²) in [5, 5.41) is 22.0. The van der Waals surface area contributed by atoms with E-state index in [2.05, 4.69) is 15.5 Å². The molecule has 0 atom stereocenters. The summed E-state index contributed by atoms with van der Waals surface area (Å²) >= 11 is 1.18. The van der Waals surface area contributed by atoms with Crippen LogP contribution in [0.5, 0.6) is 0 Å². The zero-order valence-corrected chi connectivity index (χ0v) is 14.6. The van der Waals surface area contributed by atoms with E-state index in [1.54, 1.807) is 30.3 Å². The highest BCUT2D eigenvalue weighted by molar-refractivity contribution is 7.99. The second-order valence-corrected chi connectivity index (χ2v) is 6.41. The van der Waals surface area contributed by atoms with E-state index in [0.717, 1.165) is 0 Å². The molecule has 9 heteroatoms. The first-order valence-corrected chi connectivity index (χ1v) is 8.76. The van der Waals surface area contributed by atoms with Crippen molar-refractivity contribution >= 4 is 29.0 Å². The molecule has 1 amide bonds. The number of anilines is 1. The predicted molar refractivity (Wildman–Crippen MR) is 99.9 cm³/mol. The topological polar surface area (TPSA) is 98.0 Å². The minimum atomic E-state index is -0.474. The van der Waals surface area contributed by atoms with Crippen molar-refractivity contribution < 1.29 is 14.1 Å². The van der Waals surface area contributed by atoms with Crippen molar-refractivity contribution in [2.75, 3.05) is 11.1 Å². The molecule has 0 bridgehead atoms. The monoisotopic (exact) mass is 384 g/mol. The Morgan fingerprint density at radius 1 is 1.11 bits per heavy atom. The van der Waals surface area contributed by atoms with Gasteiger partial charge in [0.15, 0.2) is 0 Å². The molecule has 0 fully saturated rings. The highest BCUT2D eigenvalue weighted by Gasteiger charge is 2.10. The Kier molecular flexibility index (Phi) is 5.72. The number of carbonyl (C=O) groups excluding carboxylic acids is 1. The molecule has 3 rings (SSSR count). The molecule has 1 aromatic heterocycles. The van der Waals surface area contributed by atoms with E-state index >= 15 is 0 Å². The number of halogens is 1. The number of nitro groups is 1. The number of nitrogens with zero attached hydrogens (tertiary/aromatic N) is 3. The summed E-state index contributed by atoms with van der Waals surface area (Å²) in [5.41, 5.74) is 1.43. The van der Waals surface area contributed by atoms with Crippen LogP contribution in [0, 0.1) is 15.9 Å². The van der Waals surface area contributed by atoms with Gasteiger partial charge in [-0.1, -0.05) is 30.0 Å². The van der Waals surface area contributed by atoms with Gasteiger partial charge in [0, 0.05) is 23.4 Å². The van der Waals surface area contributed by atoms with E-state index in [4.69, 9.17) is 0 Å². The number of carbonyl (C=O) groups is 1. The Labute approximate surface area is 157 Å². The molecule has 0 unspecified atom stereocenters. The molecule has 0 saturated heterocycles. The molecule has 0 radical (unpaired) electrons. The van der Waals surface area contributed by atoms with Crippen molar-refractivity contribution in [3.8, 4) is 11.3 Å². The number of benzene rings is 2. The molecule has 0 aliphatic heterocycles. The van der Waals surface area contributed by atoms with Gasteiger partial charge in [-0.2, -0.15) is 0 Å². The molecule has 0 saturated carbocycles. The van der Waals surface area contributed by atoms with Crippen molar-refractivity contribution in [2.45, 2.75) is 5.03 Å². The predicted octanol–water partition coefficient (Wildman–Crippen LogP) is 3.92. The standard InChI is InChI=1S/C18H13FN4O3S/c19-13-4-2-5-14(10-13)20-17(24)11-27-18-8-7-16(21-22-18)12-3-1-6-15(9-12)23(25)26/h1-10H,11H2,(H,20,24). The normalized spacial score (nSPS) is 10.4. The summed E-state index contributed by atoms with van der Waals surface area (Å²) in [6, 6.07) is 15.1. The molecular weight excluding hydrogens is 371 g/mol. The first kappa shape index (κ1) is 18.5. The van der Waals surface area contributed by atoms with Gasteiger partial charge in [-0.05, 0) is 30.3 Å². The Morgan fingerprint density at radius 3 is 2.63 bits per heavy atom. The molecule has 0 spiro atoms. The van der Waals surface area contributed by atoms with Gasteiger partial charge in [0.1, 0.15) is 10.8 Å². The highest BCUT2D eigenvalue weighted by Crippen LogP contribution is 2.23. The number of hydrogen-bond donors (Lipinski definition) is 1. The molecule has 0 aliphatic carbocycles. The van der Waals surface area contributed by atoms with Crippen LogP contribution < -0.4 is 5.32 Å². The summed E-state index contributed by atoms with van der Waals surface area (Å²) in [7, 11) is 0. The maximum atomic E-state index is 13.1. The fraction of sp³-hybridized carbons (Fsp3) is 0.0556. The van der Waals surface area contributed by atoms with Crippen molar-refractivity contribution in [3.63, 3.8) is 0 Å². The second kappa shape index (κ2) is 8.37. The zero-order valence-electron chi connectivity index (χ0n) is 13.8. The Morgan fingerprint density at radius 2 is 1.93 bits per heavy atom. The van der Waals surface area contributed by atoms with Crippen LogP contribution >= 0.6 is 11.8 Å². The largest absolute Gasteiger partial charge is 0.325 e. The van der Waals surface area contributed by atoms with Crippen LogP contribution in [0.3, 0.4) is 0 Å². The van der Waals surface area contributed by atoms with Crippen LogP contribution in [0.15, 0.2) is 65.7 Å². The Bertz CT molecular complexity index is 982. The van der Waals surface area contributed by atoms with Crippen molar-refractivity contribution in [1.82, 2.24) is 10.2 Å². The molecule has 3 aromatic rings. The number of nitro benzene ring substituents is 1.